The molecule has 0 unspecified atom stereocenters. The molecule has 2 N–H and O–H groups in total. The number of benzene rings is 2. The summed E-state index contributed by atoms with van der Waals surface area (Å²) in [5.41, 5.74) is 13.5. The van der Waals surface area contributed by atoms with Crippen LogP contribution < -0.4 is 10.2 Å². The third kappa shape index (κ3) is 4.82. The standard InChI is InChI=1S/C40H45N3O5/c1-23-6-8-31-29(18-23)39(2,3)36-27-19-26-20-28-33(48-34(26)22-24(27)10-14-42(31)36)11-15-43-32-9-7-25(21-30(32)40(4,5)37(28)43)38(46)41-13-17-47-16-12-35(44)45/h6-9,18-21,24,33-34H,10-17,22H2,1-5H3,(H-,41,44,45,46)/p+1/t24-,33-,34+/m1/s1. The molecule has 5 heterocycles. The van der Waals surface area contributed by atoms with E-state index in [4.69, 9.17) is 14.6 Å². The van der Waals surface area contributed by atoms with E-state index in [0.717, 1.165) is 43.6 Å². The predicted molar refractivity (Wildman–Crippen MR) is 185 cm³/mol. The number of hydrogen-bond donors (Lipinski definition) is 2. The Labute approximate surface area is 282 Å². The van der Waals surface area contributed by atoms with Gasteiger partial charge in [0.1, 0.15) is 0 Å². The number of carboxylic acids is 1. The number of allylic oxidation sites excluding steroid dienone is 3. The van der Waals surface area contributed by atoms with Crippen molar-refractivity contribution >= 4 is 29.0 Å². The van der Waals surface area contributed by atoms with Crippen LogP contribution in [-0.2, 0) is 25.1 Å². The highest BCUT2D eigenvalue weighted by Crippen LogP contribution is 2.55. The van der Waals surface area contributed by atoms with Crippen molar-refractivity contribution < 1.29 is 28.7 Å². The predicted octanol–water partition coefficient (Wildman–Crippen LogP) is 6.09. The number of aliphatic carboxylic acids is 1. The second-order valence-electron chi connectivity index (χ2n) is 15.3. The molecule has 1 aliphatic carbocycles. The topological polar surface area (TPSA) is 91.1 Å². The van der Waals surface area contributed by atoms with Crippen molar-refractivity contribution in [2.24, 2.45) is 5.92 Å². The van der Waals surface area contributed by atoms with Gasteiger partial charge in [-0.05, 0) is 80.5 Å². The van der Waals surface area contributed by atoms with Crippen LogP contribution in [0.25, 0.3) is 0 Å². The van der Waals surface area contributed by atoms with Gasteiger partial charge in [0.15, 0.2) is 12.3 Å². The Morgan fingerprint density at radius 3 is 2.67 bits per heavy atom. The van der Waals surface area contributed by atoms with Crippen LogP contribution in [0.2, 0.25) is 0 Å². The smallest absolute Gasteiger partial charge is 0.305 e. The zero-order chi connectivity index (χ0) is 33.5. The number of nitrogens with zero attached hydrogens (tertiary/aromatic N) is 2. The van der Waals surface area contributed by atoms with E-state index in [9.17, 15) is 9.59 Å². The van der Waals surface area contributed by atoms with Gasteiger partial charge in [0.2, 0.25) is 5.69 Å². The first kappa shape index (κ1) is 31.3. The lowest BCUT2D eigenvalue weighted by molar-refractivity contribution is -0.445. The number of carboxylic acid groups (broad SMARTS) is 1. The highest BCUT2D eigenvalue weighted by atomic mass is 16.5. The Morgan fingerprint density at radius 2 is 1.85 bits per heavy atom. The number of ether oxygens (including phenoxy) is 2. The molecule has 0 saturated heterocycles. The average molecular weight is 649 g/mol. The molecular formula is C40H46N3O5+. The van der Waals surface area contributed by atoms with E-state index < -0.39 is 5.97 Å². The molecule has 0 fully saturated rings. The monoisotopic (exact) mass is 648 g/mol. The molecule has 1 amide bonds. The normalized spacial score (nSPS) is 25.5. The molecule has 250 valence electrons. The lowest BCUT2D eigenvalue weighted by Crippen LogP contribution is -2.46. The molecule has 2 aromatic carbocycles. The van der Waals surface area contributed by atoms with E-state index >= 15 is 0 Å². The maximum atomic E-state index is 13.1. The van der Waals surface area contributed by atoms with Crippen molar-refractivity contribution in [1.82, 2.24) is 5.32 Å². The van der Waals surface area contributed by atoms with Crippen LogP contribution >= 0.6 is 0 Å². The molecule has 48 heavy (non-hydrogen) atoms. The van der Waals surface area contributed by atoms with Crippen LogP contribution in [0.15, 0.2) is 71.0 Å². The summed E-state index contributed by atoms with van der Waals surface area (Å²) in [6.45, 7) is 14.2. The number of nitrogens with one attached hydrogen (secondary N) is 1. The highest BCUT2D eigenvalue weighted by molar-refractivity contribution is 6.09. The zero-order valence-electron chi connectivity index (χ0n) is 28.7. The van der Waals surface area contributed by atoms with Gasteiger partial charge in [-0.25, -0.2) is 0 Å². The van der Waals surface area contributed by atoms with Crippen molar-refractivity contribution in [1.29, 1.82) is 0 Å². The second kappa shape index (κ2) is 11.3. The molecule has 0 radical (unpaired) electrons. The van der Waals surface area contributed by atoms with Crippen LogP contribution in [0, 0.1) is 12.8 Å². The van der Waals surface area contributed by atoms with Gasteiger partial charge >= 0.3 is 5.97 Å². The number of fused-ring (bicyclic) bond motifs is 9. The SMILES string of the molecule is Cc1ccc2c(c1)C(C)(C)C1=C3C=C4C=C5C6=[N+](CC[C@H]5O[C@H]4C[C@H]3CCN12)c1ccc(C(=O)NCCOCCC(=O)O)cc1C6(C)C. The Hall–Kier alpha value is -4.01. The van der Waals surface area contributed by atoms with Gasteiger partial charge < -0.3 is 24.8 Å². The molecular weight excluding hydrogens is 602 g/mol. The summed E-state index contributed by atoms with van der Waals surface area (Å²) in [7, 11) is 0. The summed E-state index contributed by atoms with van der Waals surface area (Å²) >= 11 is 0. The summed E-state index contributed by atoms with van der Waals surface area (Å²) in [6, 6.07) is 13.0. The van der Waals surface area contributed by atoms with E-state index in [1.165, 1.54) is 44.9 Å². The summed E-state index contributed by atoms with van der Waals surface area (Å²) in [5, 5.41) is 11.7. The van der Waals surface area contributed by atoms with Crippen LogP contribution in [0.4, 0.5) is 11.4 Å². The molecule has 0 spiro atoms. The lowest BCUT2D eigenvalue weighted by atomic mass is 9.71. The molecule has 8 heteroatoms. The van der Waals surface area contributed by atoms with E-state index in [1.54, 1.807) is 0 Å². The minimum Gasteiger partial charge on any atom is -0.481 e. The van der Waals surface area contributed by atoms with E-state index in [1.807, 2.05) is 12.1 Å². The van der Waals surface area contributed by atoms with Crippen molar-refractivity contribution in [2.45, 2.75) is 83.3 Å². The number of anilines is 1. The van der Waals surface area contributed by atoms with Crippen LogP contribution in [-0.4, -0.2) is 72.3 Å². The first-order chi connectivity index (χ1) is 22.9. The molecule has 8 nitrogen and oxygen atoms in total. The van der Waals surface area contributed by atoms with Gasteiger partial charge in [-0.3, -0.25) is 9.59 Å². The number of carbonyl (C=O) groups excluding carboxylic acids is 1. The van der Waals surface area contributed by atoms with Crippen molar-refractivity contribution in [3.63, 3.8) is 0 Å². The Kier molecular flexibility index (Phi) is 7.35. The third-order valence-corrected chi connectivity index (χ3v) is 11.5. The largest absolute Gasteiger partial charge is 0.481 e. The first-order valence-electron chi connectivity index (χ1n) is 17.5. The zero-order valence-corrected chi connectivity index (χ0v) is 28.7. The molecule has 0 bridgehead atoms. The van der Waals surface area contributed by atoms with Gasteiger partial charge in [0.25, 0.3) is 5.91 Å². The summed E-state index contributed by atoms with van der Waals surface area (Å²) in [5.74, 6) is -0.542. The molecule has 2 aromatic rings. The van der Waals surface area contributed by atoms with Gasteiger partial charge in [-0.1, -0.05) is 37.6 Å². The van der Waals surface area contributed by atoms with E-state index in [2.05, 4.69) is 85.8 Å². The number of carbonyl (C=O) groups is 2. The quantitative estimate of drug-likeness (QED) is 0.279. The molecule has 6 aliphatic rings. The minimum absolute atomic E-state index is 0.0474. The van der Waals surface area contributed by atoms with Gasteiger partial charge in [0.05, 0.1) is 37.3 Å². The lowest BCUT2D eigenvalue weighted by Gasteiger charge is -2.44. The van der Waals surface area contributed by atoms with Crippen molar-refractivity contribution in [2.75, 3.05) is 37.7 Å². The van der Waals surface area contributed by atoms with Crippen LogP contribution in [0.5, 0.6) is 0 Å². The number of hydrogen-bond acceptors (Lipinski definition) is 5. The fraction of sp³-hybridized carbons (Fsp3) is 0.475. The van der Waals surface area contributed by atoms with Crippen molar-refractivity contribution in [3.05, 3.63) is 93.2 Å². The van der Waals surface area contributed by atoms with Gasteiger partial charge in [-0.15, -0.1) is 0 Å². The fourth-order valence-electron chi connectivity index (χ4n) is 9.30. The Bertz CT molecular complexity index is 1880. The van der Waals surface area contributed by atoms with Gasteiger partial charge in [-0.2, -0.15) is 4.58 Å². The molecule has 0 saturated carbocycles. The second-order valence-corrected chi connectivity index (χ2v) is 15.3. The fourth-order valence-corrected chi connectivity index (χ4v) is 9.30. The first-order valence-corrected chi connectivity index (χ1v) is 17.5. The molecule has 0 aromatic heterocycles. The number of amides is 1. The van der Waals surface area contributed by atoms with E-state index in [0.29, 0.717) is 18.0 Å². The molecule has 5 aliphatic heterocycles. The van der Waals surface area contributed by atoms with Crippen LogP contribution in [0.1, 0.15) is 80.4 Å². The van der Waals surface area contributed by atoms with Gasteiger partial charge in [0, 0.05) is 59.1 Å². The summed E-state index contributed by atoms with van der Waals surface area (Å²) < 4.78 is 14.8. The number of rotatable bonds is 7. The number of aryl methyl sites for hydroxylation is 1. The average Bonchev–Trinajstić information content (AvgIpc) is 3.43. The molecule has 8 rings (SSSR count). The maximum absolute atomic E-state index is 13.1. The summed E-state index contributed by atoms with van der Waals surface area (Å²) in [6.07, 6.45) is 8.20. The maximum Gasteiger partial charge on any atom is 0.305 e. The van der Waals surface area contributed by atoms with E-state index in [-0.39, 0.29) is 48.6 Å². The minimum atomic E-state index is -0.896. The highest BCUT2D eigenvalue weighted by Gasteiger charge is 2.54. The Balaban J connectivity index is 1.09. The summed E-state index contributed by atoms with van der Waals surface area (Å²) in [4.78, 5) is 26.4. The Morgan fingerprint density at radius 1 is 1.02 bits per heavy atom. The third-order valence-electron chi connectivity index (χ3n) is 11.5. The van der Waals surface area contributed by atoms with Crippen LogP contribution in [0.3, 0.4) is 0 Å². The molecule has 3 atom stereocenters. The van der Waals surface area contributed by atoms with Crippen molar-refractivity contribution in [3.8, 4) is 0 Å².